The molecule has 0 aliphatic rings. The summed E-state index contributed by atoms with van der Waals surface area (Å²) in [5, 5.41) is 2.72. The molecule has 0 radical (unpaired) electrons. The van der Waals surface area contributed by atoms with E-state index in [0.29, 0.717) is 19.0 Å². The van der Waals surface area contributed by atoms with Crippen molar-refractivity contribution in [3.8, 4) is 0 Å². The lowest BCUT2D eigenvalue weighted by molar-refractivity contribution is 0.0526. The van der Waals surface area contributed by atoms with Gasteiger partial charge in [-0.15, -0.1) is 0 Å². The summed E-state index contributed by atoms with van der Waals surface area (Å²) in [6.45, 7) is 9.01. The van der Waals surface area contributed by atoms with Crippen LogP contribution < -0.4 is 11.1 Å². The van der Waals surface area contributed by atoms with Gasteiger partial charge in [-0.05, 0) is 46.1 Å². The maximum absolute atomic E-state index is 11.2. The Bertz CT molecular complexity index is 188. The molecule has 4 nitrogen and oxygen atoms in total. The van der Waals surface area contributed by atoms with Gasteiger partial charge in [0.15, 0.2) is 0 Å². The van der Waals surface area contributed by atoms with Gasteiger partial charge in [-0.1, -0.05) is 6.92 Å². The minimum absolute atomic E-state index is 0.345. The predicted molar refractivity (Wildman–Crippen MR) is 61.7 cm³/mol. The molecule has 1 atom stereocenters. The van der Waals surface area contributed by atoms with E-state index in [2.05, 4.69) is 12.2 Å². The number of rotatable bonds is 5. The topological polar surface area (TPSA) is 64.3 Å². The lowest BCUT2D eigenvalue weighted by Gasteiger charge is -2.19. The minimum Gasteiger partial charge on any atom is -0.444 e. The molecule has 3 N–H and O–H groups in total. The average molecular weight is 216 g/mol. The highest BCUT2D eigenvalue weighted by Gasteiger charge is 2.15. The summed E-state index contributed by atoms with van der Waals surface area (Å²) in [6.07, 6.45) is 1.63. The minimum atomic E-state index is -0.422. The second-order valence-electron chi connectivity index (χ2n) is 4.91. The molecule has 0 heterocycles. The van der Waals surface area contributed by atoms with Crippen molar-refractivity contribution < 1.29 is 9.53 Å². The zero-order valence-corrected chi connectivity index (χ0v) is 10.3. The van der Waals surface area contributed by atoms with Crippen molar-refractivity contribution in [3.63, 3.8) is 0 Å². The van der Waals surface area contributed by atoms with E-state index in [4.69, 9.17) is 10.5 Å². The van der Waals surface area contributed by atoms with Crippen LogP contribution in [0.4, 0.5) is 4.79 Å². The first-order valence-electron chi connectivity index (χ1n) is 5.52. The normalized spacial score (nSPS) is 13.4. The summed E-state index contributed by atoms with van der Waals surface area (Å²) in [5.74, 6) is 0.519. The molecule has 0 aliphatic heterocycles. The first-order valence-corrected chi connectivity index (χ1v) is 5.52. The fraction of sp³-hybridized carbons (Fsp3) is 0.909. The SMILES string of the molecule is C[C@@H](CN)CCCNC(=O)OC(C)(C)C. The van der Waals surface area contributed by atoms with E-state index in [-0.39, 0.29) is 6.09 Å². The van der Waals surface area contributed by atoms with E-state index in [1.807, 2.05) is 20.8 Å². The Morgan fingerprint density at radius 3 is 2.53 bits per heavy atom. The van der Waals surface area contributed by atoms with Gasteiger partial charge >= 0.3 is 6.09 Å². The van der Waals surface area contributed by atoms with Crippen molar-refractivity contribution in [1.82, 2.24) is 5.32 Å². The molecule has 4 heteroatoms. The number of hydrogen-bond acceptors (Lipinski definition) is 3. The first-order chi connectivity index (χ1) is 6.85. The third-order valence-corrected chi connectivity index (χ3v) is 1.94. The number of carbonyl (C=O) groups excluding carboxylic acids is 1. The van der Waals surface area contributed by atoms with E-state index in [1.54, 1.807) is 0 Å². The molecule has 0 bridgehead atoms. The number of nitrogens with two attached hydrogens (primary N) is 1. The molecule has 0 saturated heterocycles. The number of alkyl carbamates (subject to hydrolysis) is 1. The first kappa shape index (κ1) is 14.2. The number of hydrogen-bond donors (Lipinski definition) is 2. The van der Waals surface area contributed by atoms with Gasteiger partial charge in [0.1, 0.15) is 5.60 Å². The quantitative estimate of drug-likeness (QED) is 0.690. The molecular weight excluding hydrogens is 192 g/mol. The summed E-state index contributed by atoms with van der Waals surface area (Å²) in [7, 11) is 0. The zero-order chi connectivity index (χ0) is 11.9. The van der Waals surface area contributed by atoms with Crippen LogP contribution in [0.1, 0.15) is 40.5 Å². The van der Waals surface area contributed by atoms with Gasteiger partial charge in [0.2, 0.25) is 0 Å². The van der Waals surface area contributed by atoms with Crippen molar-refractivity contribution >= 4 is 6.09 Å². The van der Waals surface area contributed by atoms with E-state index >= 15 is 0 Å². The molecule has 0 unspecified atom stereocenters. The summed E-state index contributed by atoms with van der Waals surface area (Å²) < 4.78 is 5.10. The van der Waals surface area contributed by atoms with Gasteiger partial charge in [0.05, 0.1) is 0 Å². The molecule has 0 fully saturated rings. The number of carbonyl (C=O) groups is 1. The molecule has 0 aromatic carbocycles. The molecule has 0 saturated carbocycles. The van der Waals surface area contributed by atoms with E-state index < -0.39 is 5.60 Å². The molecule has 1 amide bonds. The van der Waals surface area contributed by atoms with Crippen LogP contribution in [0.5, 0.6) is 0 Å². The molecule has 0 aliphatic carbocycles. The van der Waals surface area contributed by atoms with Gasteiger partial charge in [0.25, 0.3) is 0 Å². The summed E-state index contributed by atoms with van der Waals surface area (Å²) in [5.41, 5.74) is 5.06. The highest BCUT2D eigenvalue weighted by Crippen LogP contribution is 2.06. The van der Waals surface area contributed by atoms with E-state index in [9.17, 15) is 4.79 Å². The third-order valence-electron chi connectivity index (χ3n) is 1.94. The number of ether oxygens (including phenoxy) is 1. The van der Waals surface area contributed by atoms with Crippen LogP contribution in [-0.4, -0.2) is 24.8 Å². The highest BCUT2D eigenvalue weighted by molar-refractivity contribution is 5.67. The highest BCUT2D eigenvalue weighted by atomic mass is 16.6. The van der Waals surface area contributed by atoms with Gasteiger partial charge in [0, 0.05) is 6.54 Å². The number of nitrogens with one attached hydrogen (secondary N) is 1. The lowest BCUT2D eigenvalue weighted by Crippen LogP contribution is -2.33. The fourth-order valence-electron chi connectivity index (χ4n) is 1.07. The molecule has 15 heavy (non-hydrogen) atoms. The predicted octanol–water partition coefficient (Wildman–Crippen LogP) is 1.89. The van der Waals surface area contributed by atoms with Crippen molar-refractivity contribution in [1.29, 1.82) is 0 Å². The Labute approximate surface area is 92.6 Å². The average Bonchev–Trinajstić information content (AvgIpc) is 2.09. The Kier molecular flexibility index (Phi) is 6.32. The van der Waals surface area contributed by atoms with Gasteiger partial charge < -0.3 is 15.8 Å². The van der Waals surface area contributed by atoms with Crippen LogP contribution in [0.25, 0.3) is 0 Å². The number of amides is 1. The molecule has 90 valence electrons. The smallest absolute Gasteiger partial charge is 0.407 e. The van der Waals surface area contributed by atoms with Crippen LogP contribution in [0.3, 0.4) is 0 Å². The van der Waals surface area contributed by atoms with Crippen molar-refractivity contribution in [3.05, 3.63) is 0 Å². The van der Waals surface area contributed by atoms with Gasteiger partial charge in [-0.25, -0.2) is 4.79 Å². The summed E-state index contributed by atoms with van der Waals surface area (Å²) >= 11 is 0. The fourth-order valence-corrected chi connectivity index (χ4v) is 1.07. The second-order valence-corrected chi connectivity index (χ2v) is 4.91. The molecule has 0 aromatic rings. The lowest BCUT2D eigenvalue weighted by atomic mass is 10.1. The molecule has 0 aromatic heterocycles. The maximum atomic E-state index is 11.2. The summed E-state index contributed by atoms with van der Waals surface area (Å²) in [4.78, 5) is 11.2. The van der Waals surface area contributed by atoms with E-state index in [1.165, 1.54) is 0 Å². The maximum Gasteiger partial charge on any atom is 0.407 e. The van der Waals surface area contributed by atoms with Crippen molar-refractivity contribution in [2.75, 3.05) is 13.1 Å². The van der Waals surface area contributed by atoms with Crippen molar-refractivity contribution in [2.24, 2.45) is 11.7 Å². The monoisotopic (exact) mass is 216 g/mol. The van der Waals surface area contributed by atoms with E-state index in [0.717, 1.165) is 12.8 Å². The summed E-state index contributed by atoms with van der Waals surface area (Å²) in [6, 6.07) is 0. The van der Waals surface area contributed by atoms with Gasteiger partial charge in [-0.2, -0.15) is 0 Å². The Morgan fingerprint density at radius 2 is 2.07 bits per heavy atom. The van der Waals surface area contributed by atoms with Crippen LogP contribution in [0, 0.1) is 5.92 Å². The standard InChI is InChI=1S/C11H24N2O2/c1-9(8-12)6-5-7-13-10(14)15-11(2,3)4/h9H,5-8,12H2,1-4H3,(H,13,14)/t9-/m1/s1. The largest absolute Gasteiger partial charge is 0.444 e. The Balaban J connectivity index is 3.48. The van der Waals surface area contributed by atoms with Crippen LogP contribution in [-0.2, 0) is 4.74 Å². The van der Waals surface area contributed by atoms with Gasteiger partial charge in [-0.3, -0.25) is 0 Å². The molecule has 0 spiro atoms. The Morgan fingerprint density at radius 1 is 1.47 bits per heavy atom. The molecule has 0 rings (SSSR count). The van der Waals surface area contributed by atoms with Crippen LogP contribution in [0.2, 0.25) is 0 Å². The van der Waals surface area contributed by atoms with Crippen LogP contribution in [0.15, 0.2) is 0 Å². The van der Waals surface area contributed by atoms with Crippen LogP contribution >= 0.6 is 0 Å². The zero-order valence-electron chi connectivity index (χ0n) is 10.3. The Hall–Kier alpha value is -0.770. The van der Waals surface area contributed by atoms with Crippen molar-refractivity contribution in [2.45, 2.75) is 46.1 Å². The second kappa shape index (κ2) is 6.67. The molecular formula is C11H24N2O2. The third kappa shape index (κ3) is 9.53.